The number of carbonyl (C=O) groups excluding carboxylic acids is 1. The van der Waals surface area contributed by atoms with E-state index in [-0.39, 0.29) is 28.1 Å². The fourth-order valence-corrected chi connectivity index (χ4v) is 3.38. The smallest absolute Gasteiger partial charge is 0.272 e. The molecule has 1 N–H and O–H groups in total. The number of nitriles is 1. The molecule has 0 saturated heterocycles. The SMILES string of the molecule is Cc1c(C(=O)COc2ccc([N+](=O)[O-])cc2)c(O)n(C(C)c2ccccc2)c(=O)c1C#N. The van der Waals surface area contributed by atoms with Crippen LogP contribution in [-0.2, 0) is 0 Å². The molecule has 1 unspecified atom stereocenters. The summed E-state index contributed by atoms with van der Waals surface area (Å²) in [6.45, 7) is 2.58. The van der Waals surface area contributed by atoms with Crippen LogP contribution in [0.15, 0.2) is 59.4 Å². The third-order valence-electron chi connectivity index (χ3n) is 5.11. The molecule has 9 nitrogen and oxygen atoms in total. The number of rotatable bonds is 7. The lowest BCUT2D eigenvalue weighted by Crippen LogP contribution is -2.30. The summed E-state index contributed by atoms with van der Waals surface area (Å²) in [5.41, 5.74) is -0.499. The van der Waals surface area contributed by atoms with Crippen LogP contribution in [0, 0.1) is 28.4 Å². The van der Waals surface area contributed by atoms with Crippen LogP contribution in [0.1, 0.15) is 40.0 Å². The maximum absolute atomic E-state index is 12.9. The molecule has 0 aliphatic carbocycles. The normalized spacial score (nSPS) is 11.4. The molecule has 0 saturated carbocycles. The molecular weight excluding hydrogens is 414 g/mol. The summed E-state index contributed by atoms with van der Waals surface area (Å²) in [6, 6.07) is 15.2. The molecule has 9 heteroatoms. The predicted octanol–water partition coefficient (Wildman–Crippen LogP) is 3.51. The molecule has 0 radical (unpaired) electrons. The minimum Gasteiger partial charge on any atom is -0.494 e. The van der Waals surface area contributed by atoms with Crippen LogP contribution in [0.25, 0.3) is 0 Å². The first-order chi connectivity index (χ1) is 15.3. The van der Waals surface area contributed by atoms with Crippen molar-refractivity contribution in [3.63, 3.8) is 0 Å². The quantitative estimate of drug-likeness (QED) is 0.342. The van der Waals surface area contributed by atoms with E-state index in [4.69, 9.17) is 4.74 Å². The molecule has 0 aliphatic rings. The number of Topliss-reactive ketones (excluding diaryl/α,β-unsaturated/α-hetero) is 1. The van der Waals surface area contributed by atoms with E-state index in [0.717, 1.165) is 4.57 Å². The zero-order valence-electron chi connectivity index (χ0n) is 17.3. The van der Waals surface area contributed by atoms with Crippen molar-refractivity contribution in [2.24, 2.45) is 0 Å². The molecule has 3 aromatic rings. The molecule has 0 amide bonds. The molecule has 0 fully saturated rings. The molecule has 1 aromatic heterocycles. The second kappa shape index (κ2) is 9.14. The second-order valence-corrected chi connectivity index (χ2v) is 7.04. The number of non-ortho nitro benzene ring substituents is 1. The van der Waals surface area contributed by atoms with Crippen molar-refractivity contribution in [3.8, 4) is 17.7 Å². The van der Waals surface area contributed by atoms with Crippen molar-refractivity contribution in [3.05, 3.63) is 97.3 Å². The number of ether oxygens (including phenoxy) is 1. The van der Waals surface area contributed by atoms with Crippen LogP contribution in [-0.4, -0.2) is 27.0 Å². The van der Waals surface area contributed by atoms with Crippen molar-refractivity contribution in [2.75, 3.05) is 6.61 Å². The van der Waals surface area contributed by atoms with Gasteiger partial charge in [-0.1, -0.05) is 30.3 Å². The highest BCUT2D eigenvalue weighted by Crippen LogP contribution is 2.28. The third-order valence-corrected chi connectivity index (χ3v) is 5.11. The Labute approximate surface area is 182 Å². The fourth-order valence-electron chi connectivity index (χ4n) is 3.38. The van der Waals surface area contributed by atoms with E-state index in [9.17, 15) is 30.1 Å². The van der Waals surface area contributed by atoms with Gasteiger partial charge in [0.1, 0.15) is 17.4 Å². The Balaban J connectivity index is 1.98. The second-order valence-electron chi connectivity index (χ2n) is 7.04. The van der Waals surface area contributed by atoms with Gasteiger partial charge >= 0.3 is 0 Å². The molecule has 1 atom stereocenters. The topological polar surface area (TPSA) is 135 Å². The van der Waals surface area contributed by atoms with Crippen LogP contribution in [0.4, 0.5) is 5.69 Å². The van der Waals surface area contributed by atoms with Gasteiger partial charge in [0.05, 0.1) is 16.5 Å². The van der Waals surface area contributed by atoms with Crippen LogP contribution < -0.4 is 10.3 Å². The van der Waals surface area contributed by atoms with E-state index in [1.54, 1.807) is 37.3 Å². The number of carbonyl (C=O) groups is 1. The van der Waals surface area contributed by atoms with E-state index < -0.39 is 34.8 Å². The number of nitrogens with zero attached hydrogens (tertiary/aromatic N) is 3. The van der Waals surface area contributed by atoms with E-state index in [1.807, 2.05) is 6.07 Å². The fraction of sp³-hybridized carbons (Fsp3) is 0.174. The average molecular weight is 433 g/mol. The highest BCUT2D eigenvalue weighted by atomic mass is 16.6. The highest BCUT2D eigenvalue weighted by molar-refractivity contribution is 6.01. The first kappa shape index (κ1) is 22.2. The molecule has 32 heavy (non-hydrogen) atoms. The molecule has 2 aromatic carbocycles. The minimum atomic E-state index is -0.702. The van der Waals surface area contributed by atoms with Gasteiger partial charge in [0.15, 0.2) is 6.61 Å². The average Bonchev–Trinajstić information content (AvgIpc) is 2.78. The van der Waals surface area contributed by atoms with Gasteiger partial charge in [0.2, 0.25) is 11.7 Å². The Hall–Kier alpha value is -4.45. The summed E-state index contributed by atoms with van der Waals surface area (Å²) < 4.78 is 6.42. The molecule has 0 aliphatic heterocycles. The monoisotopic (exact) mass is 433 g/mol. The molecule has 0 spiro atoms. The number of nitro groups is 1. The van der Waals surface area contributed by atoms with Gasteiger partial charge in [-0.25, -0.2) is 0 Å². The van der Waals surface area contributed by atoms with Gasteiger partial charge in [0.25, 0.3) is 11.2 Å². The van der Waals surface area contributed by atoms with E-state index >= 15 is 0 Å². The summed E-state index contributed by atoms with van der Waals surface area (Å²) in [6.07, 6.45) is 0. The Morgan fingerprint density at radius 1 is 1.22 bits per heavy atom. The van der Waals surface area contributed by atoms with Gasteiger partial charge in [-0.3, -0.25) is 24.3 Å². The zero-order chi connectivity index (χ0) is 23.4. The van der Waals surface area contributed by atoms with Crippen molar-refractivity contribution < 1.29 is 19.6 Å². The Kier molecular flexibility index (Phi) is 6.35. The number of aromatic nitrogens is 1. The van der Waals surface area contributed by atoms with Crippen LogP contribution in [0.2, 0.25) is 0 Å². The van der Waals surface area contributed by atoms with Crippen molar-refractivity contribution >= 4 is 11.5 Å². The highest BCUT2D eigenvalue weighted by Gasteiger charge is 2.27. The van der Waals surface area contributed by atoms with Gasteiger partial charge in [0, 0.05) is 12.1 Å². The number of aromatic hydroxyl groups is 1. The first-order valence-corrected chi connectivity index (χ1v) is 9.59. The van der Waals surface area contributed by atoms with Crippen LogP contribution in [0.5, 0.6) is 11.6 Å². The van der Waals surface area contributed by atoms with Crippen molar-refractivity contribution in [1.82, 2.24) is 4.57 Å². The van der Waals surface area contributed by atoms with Gasteiger partial charge in [-0.05, 0) is 37.1 Å². The molecule has 162 valence electrons. The standard InChI is InChI=1S/C23H19N3O6/c1-14-19(12-24)22(28)25(15(2)16-6-4-3-5-7-16)23(29)21(14)20(27)13-32-18-10-8-17(9-11-18)26(30)31/h3-11,15,29H,13H2,1-2H3. The third kappa shape index (κ3) is 4.20. The summed E-state index contributed by atoms with van der Waals surface area (Å²) in [5.74, 6) is -0.989. The zero-order valence-corrected chi connectivity index (χ0v) is 17.3. The molecule has 3 rings (SSSR count). The number of benzene rings is 2. The maximum atomic E-state index is 12.9. The van der Waals surface area contributed by atoms with Crippen molar-refractivity contribution in [2.45, 2.75) is 19.9 Å². The predicted molar refractivity (Wildman–Crippen MR) is 115 cm³/mol. The Morgan fingerprint density at radius 2 is 1.84 bits per heavy atom. The Morgan fingerprint density at radius 3 is 2.41 bits per heavy atom. The lowest BCUT2D eigenvalue weighted by Gasteiger charge is -2.21. The Bertz CT molecular complexity index is 1270. The molecular formula is C23H19N3O6. The number of hydrogen-bond donors (Lipinski definition) is 1. The number of ketones is 1. The molecule has 1 heterocycles. The first-order valence-electron chi connectivity index (χ1n) is 9.59. The number of nitro benzene ring substituents is 1. The molecule has 0 bridgehead atoms. The summed E-state index contributed by atoms with van der Waals surface area (Å²) in [4.78, 5) is 36.0. The van der Waals surface area contributed by atoms with E-state index in [1.165, 1.54) is 31.2 Å². The lowest BCUT2D eigenvalue weighted by molar-refractivity contribution is -0.384. The van der Waals surface area contributed by atoms with Gasteiger partial charge in [-0.15, -0.1) is 0 Å². The summed E-state index contributed by atoms with van der Waals surface area (Å²) in [5, 5.41) is 31.1. The van der Waals surface area contributed by atoms with Gasteiger partial charge < -0.3 is 9.84 Å². The summed E-state index contributed by atoms with van der Waals surface area (Å²) in [7, 11) is 0. The van der Waals surface area contributed by atoms with Crippen LogP contribution >= 0.6 is 0 Å². The van der Waals surface area contributed by atoms with Crippen molar-refractivity contribution in [1.29, 1.82) is 5.26 Å². The number of hydrogen-bond acceptors (Lipinski definition) is 7. The van der Waals surface area contributed by atoms with Gasteiger partial charge in [-0.2, -0.15) is 5.26 Å². The minimum absolute atomic E-state index is 0.0591. The lowest BCUT2D eigenvalue weighted by atomic mass is 10.00. The van der Waals surface area contributed by atoms with E-state index in [2.05, 4.69) is 0 Å². The largest absolute Gasteiger partial charge is 0.494 e. The maximum Gasteiger partial charge on any atom is 0.272 e. The van der Waals surface area contributed by atoms with Crippen LogP contribution in [0.3, 0.4) is 0 Å². The summed E-state index contributed by atoms with van der Waals surface area (Å²) >= 11 is 0. The van der Waals surface area contributed by atoms with E-state index in [0.29, 0.717) is 5.56 Å². The number of pyridine rings is 1.